The maximum atomic E-state index is 12.5. The molecule has 3 N–H and O–H groups in total. The highest BCUT2D eigenvalue weighted by atomic mass is 32.2. The van der Waals surface area contributed by atoms with Crippen LogP contribution >= 0.6 is 11.8 Å². The van der Waals surface area contributed by atoms with Gasteiger partial charge in [0.25, 0.3) is 0 Å². The summed E-state index contributed by atoms with van der Waals surface area (Å²) in [6.07, 6.45) is 2.46. The van der Waals surface area contributed by atoms with E-state index in [1.807, 2.05) is 4.90 Å². The number of aliphatic carboxylic acids is 1. The van der Waals surface area contributed by atoms with E-state index in [9.17, 15) is 24.6 Å². The van der Waals surface area contributed by atoms with Crippen molar-refractivity contribution in [3.63, 3.8) is 0 Å². The Morgan fingerprint density at radius 1 is 1.30 bits per heavy atom. The number of nitrogens with one attached hydrogen (secondary N) is 1. The third kappa shape index (κ3) is 3.15. The molecule has 0 aromatic carbocycles. The number of aliphatic hydroxyl groups is 1. The monoisotopic (exact) mass is 395 g/mol. The molecule has 3 fully saturated rings. The van der Waals surface area contributed by atoms with Gasteiger partial charge >= 0.3 is 5.97 Å². The number of amides is 2. The normalized spacial score (nSPS) is 34.1. The molecule has 2 amide bonds. The number of rotatable bonds is 5. The van der Waals surface area contributed by atoms with Crippen LogP contribution in [0.2, 0.25) is 0 Å². The molecule has 5 atom stereocenters. The number of carboxylic acids is 1. The minimum Gasteiger partial charge on any atom is -0.477 e. The van der Waals surface area contributed by atoms with Gasteiger partial charge in [-0.05, 0) is 26.2 Å². The molecule has 0 aromatic rings. The number of carbonyl (C=O) groups excluding carboxylic acids is 2. The van der Waals surface area contributed by atoms with E-state index in [0.717, 1.165) is 25.9 Å². The summed E-state index contributed by atoms with van der Waals surface area (Å²) in [6, 6.07) is -0.470. The predicted octanol–water partition coefficient (Wildman–Crippen LogP) is -0.0198. The van der Waals surface area contributed by atoms with Crippen LogP contribution in [0.4, 0.5) is 0 Å². The van der Waals surface area contributed by atoms with E-state index in [-0.39, 0.29) is 34.8 Å². The van der Waals surface area contributed by atoms with Crippen molar-refractivity contribution >= 4 is 29.5 Å². The number of hydrogen-bond donors (Lipinski definition) is 3. The second-order valence-electron chi connectivity index (χ2n) is 7.79. The molecule has 4 heterocycles. The Labute approximate surface area is 161 Å². The molecule has 4 aliphatic heterocycles. The van der Waals surface area contributed by atoms with Crippen molar-refractivity contribution in [1.29, 1.82) is 0 Å². The van der Waals surface area contributed by atoms with Gasteiger partial charge < -0.3 is 25.3 Å². The van der Waals surface area contributed by atoms with Crippen LogP contribution in [0.3, 0.4) is 0 Å². The number of likely N-dealkylation sites (tertiary alicyclic amines) is 1. The smallest absolute Gasteiger partial charge is 0.353 e. The zero-order valence-corrected chi connectivity index (χ0v) is 16.1. The fourth-order valence-corrected chi connectivity index (χ4v) is 6.11. The lowest BCUT2D eigenvalue weighted by Gasteiger charge is -2.44. The highest BCUT2D eigenvalue weighted by molar-refractivity contribution is 8.03. The molecule has 27 heavy (non-hydrogen) atoms. The number of aliphatic hydroxyl groups excluding tert-OH is 1. The zero-order valence-electron chi connectivity index (χ0n) is 15.3. The molecule has 4 aliphatic rings. The number of fused-ring (bicyclic) bond motifs is 1. The lowest BCUT2D eigenvalue weighted by molar-refractivity contribution is -0.161. The summed E-state index contributed by atoms with van der Waals surface area (Å²) in [4.78, 5) is 40.5. The molecular weight excluding hydrogens is 370 g/mol. The van der Waals surface area contributed by atoms with E-state index in [1.165, 1.54) is 16.7 Å². The van der Waals surface area contributed by atoms with Crippen molar-refractivity contribution in [2.24, 2.45) is 5.92 Å². The van der Waals surface area contributed by atoms with Crippen molar-refractivity contribution in [1.82, 2.24) is 15.1 Å². The summed E-state index contributed by atoms with van der Waals surface area (Å²) in [5.41, 5.74) is 0.0567. The maximum Gasteiger partial charge on any atom is 0.353 e. The van der Waals surface area contributed by atoms with Gasteiger partial charge in [-0.1, -0.05) is 0 Å². The maximum absolute atomic E-state index is 12.5. The Balaban J connectivity index is 1.43. The molecule has 0 spiro atoms. The average Bonchev–Trinajstić information content (AvgIpc) is 3.33. The van der Waals surface area contributed by atoms with Gasteiger partial charge in [0, 0.05) is 36.2 Å². The van der Waals surface area contributed by atoms with Crippen molar-refractivity contribution in [3.8, 4) is 0 Å². The Kier molecular flexibility index (Phi) is 4.94. The van der Waals surface area contributed by atoms with E-state index in [2.05, 4.69) is 5.32 Å². The zero-order chi connectivity index (χ0) is 19.3. The van der Waals surface area contributed by atoms with E-state index >= 15 is 0 Å². The third-order valence-corrected chi connectivity index (χ3v) is 7.34. The van der Waals surface area contributed by atoms with Gasteiger partial charge in [-0.2, -0.15) is 0 Å². The molecular formula is C18H25N3O5S. The summed E-state index contributed by atoms with van der Waals surface area (Å²) >= 11 is 1.47. The van der Waals surface area contributed by atoms with Crippen LogP contribution in [-0.4, -0.2) is 80.9 Å². The Bertz CT molecular complexity index is 703. The molecule has 4 unspecified atom stereocenters. The molecule has 0 aliphatic carbocycles. The van der Waals surface area contributed by atoms with Crippen molar-refractivity contribution in [2.45, 2.75) is 56.0 Å². The van der Waals surface area contributed by atoms with Crippen LogP contribution in [0.25, 0.3) is 0 Å². The Morgan fingerprint density at radius 2 is 2.00 bits per heavy atom. The van der Waals surface area contributed by atoms with Crippen LogP contribution < -0.4 is 5.32 Å². The van der Waals surface area contributed by atoms with Gasteiger partial charge in [-0.15, -0.1) is 11.8 Å². The first-order valence-electron chi connectivity index (χ1n) is 9.55. The van der Waals surface area contributed by atoms with Gasteiger partial charge in [0.15, 0.2) is 0 Å². The average molecular weight is 395 g/mol. The SMILES string of the molecule is CC(O)C1C(=O)N2C(C(=O)O)=C(SC3CNC(C(=O)N4CCCC4)C3)C[C@H]12. The lowest BCUT2D eigenvalue weighted by atomic mass is 9.83. The van der Waals surface area contributed by atoms with E-state index < -0.39 is 18.0 Å². The highest BCUT2D eigenvalue weighted by Gasteiger charge is 2.57. The number of β-lactam (4-membered cyclic amide) rings is 1. The number of carbonyl (C=O) groups is 3. The molecule has 148 valence electrons. The molecule has 8 nitrogen and oxygen atoms in total. The lowest BCUT2D eigenvalue weighted by Crippen LogP contribution is -2.61. The van der Waals surface area contributed by atoms with Gasteiger partial charge in [0.05, 0.1) is 24.1 Å². The van der Waals surface area contributed by atoms with Crippen LogP contribution in [0.15, 0.2) is 10.6 Å². The van der Waals surface area contributed by atoms with Crippen molar-refractivity contribution in [3.05, 3.63) is 10.6 Å². The number of carboxylic acid groups (broad SMARTS) is 1. The summed E-state index contributed by atoms with van der Waals surface area (Å²) in [5, 5.41) is 22.8. The first-order chi connectivity index (χ1) is 12.9. The fraction of sp³-hybridized carbons (Fsp3) is 0.722. The molecule has 9 heteroatoms. The standard InChI is InChI=1S/C18H25N3O5S/c1-9(22)14-12-7-13(15(18(25)26)21(12)17(14)24)27-10-6-11(19-8-10)16(23)20-4-2-3-5-20/h9-12,14,19,22H,2-8H2,1H3,(H,25,26)/t9?,10?,11?,12-,14?/m1/s1. The summed E-state index contributed by atoms with van der Waals surface area (Å²) < 4.78 is 0. The van der Waals surface area contributed by atoms with Crippen LogP contribution in [-0.2, 0) is 14.4 Å². The van der Waals surface area contributed by atoms with Crippen molar-refractivity contribution < 1.29 is 24.6 Å². The fourth-order valence-electron chi connectivity index (χ4n) is 4.68. The van der Waals surface area contributed by atoms with Crippen LogP contribution in [0.1, 0.15) is 32.6 Å². The first kappa shape index (κ1) is 18.8. The first-order valence-corrected chi connectivity index (χ1v) is 10.4. The molecule has 0 aromatic heterocycles. The van der Waals surface area contributed by atoms with Gasteiger partial charge in [0.1, 0.15) is 5.70 Å². The molecule has 3 saturated heterocycles. The van der Waals surface area contributed by atoms with Gasteiger partial charge in [-0.25, -0.2) is 4.79 Å². The van der Waals surface area contributed by atoms with E-state index in [0.29, 0.717) is 24.3 Å². The second kappa shape index (κ2) is 7.10. The van der Waals surface area contributed by atoms with E-state index in [1.54, 1.807) is 6.92 Å². The number of hydrogen-bond acceptors (Lipinski definition) is 6. The summed E-state index contributed by atoms with van der Waals surface area (Å²) in [6.45, 7) is 3.86. The highest BCUT2D eigenvalue weighted by Crippen LogP contribution is 2.48. The summed E-state index contributed by atoms with van der Waals surface area (Å²) in [5.74, 6) is -1.80. The second-order valence-corrected chi connectivity index (χ2v) is 9.19. The molecule has 0 radical (unpaired) electrons. The van der Waals surface area contributed by atoms with Gasteiger partial charge in [-0.3, -0.25) is 9.59 Å². The quantitative estimate of drug-likeness (QED) is 0.561. The largest absolute Gasteiger partial charge is 0.477 e. The van der Waals surface area contributed by atoms with Crippen LogP contribution in [0.5, 0.6) is 0 Å². The van der Waals surface area contributed by atoms with Crippen molar-refractivity contribution in [2.75, 3.05) is 19.6 Å². The number of nitrogens with zero attached hydrogens (tertiary/aromatic N) is 2. The van der Waals surface area contributed by atoms with Gasteiger partial charge in [0.2, 0.25) is 11.8 Å². The van der Waals surface area contributed by atoms with Crippen LogP contribution in [0, 0.1) is 5.92 Å². The third-order valence-electron chi connectivity index (χ3n) is 6.01. The number of thioether (sulfide) groups is 1. The Hall–Kier alpha value is -1.58. The Morgan fingerprint density at radius 3 is 2.63 bits per heavy atom. The minimum absolute atomic E-state index is 0.0567. The molecule has 4 rings (SSSR count). The molecule has 0 saturated carbocycles. The minimum atomic E-state index is -1.10. The predicted molar refractivity (Wildman–Crippen MR) is 98.7 cm³/mol. The topological polar surface area (TPSA) is 110 Å². The van der Waals surface area contributed by atoms with E-state index in [4.69, 9.17) is 0 Å². The molecule has 0 bridgehead atoms. The summed E-state index contributed by atoms with van der Waals surface area (Å²) in [7, 11) is 0.